The second-order valence-electron chi connectivity index (χ2n) is 3.85. The van der Waals surface area contributed by atoms with Crippen LogP contribution in [-0.2, 0) is 0 Å². The molecule has 2 heteroatoms. The first-order valence-electron chi connectivity index (χ1n) is 5.29. The molecule has 1 rings (SSSR count). The number of hydrogen-bond acceptors (Lipinski definition) is 1. The van der Waals surface area contributed by atoms with Crippen molar-refractivity contribution in [2.75, 3.05) is 13.1 Å². The van der Waals surface area contributed by atoms with Gasteiger partial charge in [0.05, 0.1) is 0 Å². The summed E-state index contributed by atoms with van der Waals surface area (Å²) in [6.45, 7) is 4.23. The van der Waals surface area contributed by atoms with E-state index in [4.69, 9.17) is 11.6 Å². The third kappa shape index (κ3) is 4.68. The highest BCUT2D eigenvalue weighted by Crippen LogP contribution is 2.26. The first-order valence-corrected chi connectivity index (χ1v) is 5.72. The van der Waals surface area contributed by atoms with Gasteiger partial charge in [-0.15, -0.1) is 11.6 Å². The Bertz CT molecular complexity index is 148. The molecule has 1 aliphatic carbocycles. The molecule has 0 bridgehead atoms. The molecule has 0 aromatic rings. The van der Waals surface area contributed by atoms with Crippen LogP contribution in [0.1, 0.15) is 32.6 Å². The van der Waals surface area contributed by atoms with Crippen LogP contribution in [0.15, 0.2) is 12.2 Å². The maximum atomic E-state index is 6.03. The zero-order valence-electron chi connectivity index (χ0n) is 8.43. The van der Waals surface area contributed by atoms with Gasteiger partial charge in [0.2, 0.25) is 0 Å². The molecule has 0 aromatic heterocycles. The van der Waals surface area contributed by atoms with Gasteiger partial charge in [0.1, 0.15) is 0 Å². The van der Waals surface area contributed by atoms with E-state index >= 15 is 0 Å². The van der Waals surface area contributed by atoms with Crippen LogP contribution in [-0.4, -0.2) is 18.5 Å². The maximum Gasteiger partial charge on any atom is 0.0336 e. The summed E-state index contributed by atoms with van der Waals surface area (Å²) in [5.74, 6) is 0.861. The lowest BCUT2D eigenvalue weighted by molar-refractivity contribution is 0.350. The Morgan fingerprint density at radius 1 is 1.31 bits per heavy atom. The second-order valence-corrected chi connectivity index (χ2v) is 4.46. The quantitative estimate of drug-likeness (QED) is 0.419. The highest BCUT2D eigenvalue weighted by atomic mass is 35.5. The van der Waals surface area contributed by atoms with E-state index in [0.29, 0.717) is 5.38 Å². The number of allylic oxidation sites excluding steroid dienone is 1. The lowest BCUT2D eigenvalue weighted by Crippen LogP contribution is -2.26. The van der Waals surface area contributed by atoms with E-state index in [0.717, 1.165) is 19.0 Å². The first kappa shape index (κ1) is 11.1. The molecular formula is C11H20ClN. The summed E-state index contributed by atoms with van der Waals surface area (Å²) in [4.78, 5) is 0. The first-order chi connectivity index (χ1) is 6.33. The zero-order chi connectivity index (χ0) is 9.52. The van der Waals surface area contributed by atoms with Crippen molar-refractivity contribution < 1.29 is 0 Å². The van der Waals surface area contributed by atoms with E-state index in [1.807, 2.05) is 0 Å². The molecule has 0 aliphatic heterocycles. The van der Waals surface area contributed by atoms with Crippen LogP contribution >= 0.6 is 11.6 Å². The largest absolute Gasteiger partial charge is 0.313 e. The highest BCUT2D eigenvalue weighted by molar-refractivity contribution is 6.20. The summed E-state index contributed by atoms with van der Waals surface area (Å²) in [5, 5.41) is 3.89. The molecule has 1 nitrogen and oxygen atoms in total. The van der Waals surface area contributed by atoms with Crippen molar-refractivity contribution in [1.29, 1.82) is 0 Å². The predicted molar refractivity (Wildman–Crippen MR) is 59.3 cm³/mol. The monoisotopic (exact) mass is 201 g/mol. The van der Waals surface area contributed by atoms with Gasteiger partial charge in [-0.05, 0) is 45.1 Å². The third-order valence-corrected chi connectivity index (χ3v) is 3.14. The topological polar surface area (TPSA) is 12.0 Å². The molecule has 0 aromatic carbocycles. The van der Waals surface area contributed by atoms with Crippen LogP contribution in [0.25, 0.3) is 0 Å². The van der Waals surface area contributed by atoms with Gasteiger partial charge in [-0.3, -0.25) is 0 Å². The molecule has 76 valence electrons. The van der Waals surface area contributed by atoms with Crippen molar-refractivity contribution in [3.05, 3.63) is 12.2 Å². The molecule has 0 atom stereocenters. The minimum atomic E-state index is 0.451. The Morgan fingerprint density at radius 3 is 2.62 bits per heavy atom. The Morgan fingerprint density at radius 2 is 2.00 bits per heavy atom. The fourth-order valence-electron chi connectivity index (χ4n) is 1.81. The van der Waals surface area contributed by atoms with Crippen LogP contribution in [0.4, 0.5) is 0 Å². The molecule has 0 amide bonds. The molecule has 0 spiro atoms. The number of halogens is 1. The summed E-state index contributed by atoms with van der Waals surface area (Å²) >= 11 is 6.03. The van der Waals surface area contributed by atoms with Crippen molar-refractivity contribution in [2.24, 2.45) is 5.92 Å². The summed E-state index contributed by atoms with van der Waals surface area (Å²) in [5.41, 5.74) is 0. The number of alkyl halides is 1. The SMILES string of the molecule is C/C=C/CNCC1CCC(Cl)CC1. The maximum absolute atomic E-state index is 6.03. The molecule has 1 N–H and O–H groups in total. The average Bonchev–Trinajstić information content (AvgIpc) is 2.15. The Labute approximate surface area is 86.5 Å². The van der Waals surface area contributed by atoms with Gasteiger partial charge in [0.25, 0.3) is 0 Å². The van der Waals surface area contributed by atoms with Crippen molar-refractivity contribution in [3.8, 4) is 0 Å². The fraction of sp³-hybridized carbons (Fsp3) is 0.818. The highest BCUT2D eigenvalue weighted by Gasteiger charge is 2.18. The summed E-state index contributed by atoms with van der Waals surface area (Å²) < 4.78 is 0. The van der Waals surface area contributed by atoms with E-state index < -0.39 is 0 Å². The molecule has 13 heavy (non-hydrogen) atoms. The Kier molecular flexibility index (Phi) is 5.49. The van der Waals surface area contributed by atoms with Crippen LogP contribution in [0.5, 0.6) is 0 Å². The normalized spacial score (nSPS) is 29.7. The second kappa shape index (κ2) is 6.44. The fourth-order valence-corrected chi connectivity index (χ4v) is 2.07. The van der Waals surface area contributed by atoms with Crippen molar-refractivity contribution in [3.63, 3.8) is 0 Å². The summed E-state index contributed by atoms with van der Waals surface area (Å²) in [7, 11) is 0. The van der Waals surface area contributed by atoms with Crippen molar-refractivity contribution in [2.45, 2.75) is 38.0 Å². The van der Waals surface area contributed by atoms with Crippen molar-refractivity contribution in [1.82, 2.24) is 5.32 Å². The van der Waals surface area contributed by atoms with E-state index in [9.17, 15) is 0 Å². The number of nitrogens with one attached hydrogen (secondary N) is 1. The lowest BCUT2D eigenvalue weighted by Gasteiger charge is -2.24. The van der Waals surface area contributed by atoms with Gasteiger partial charge < -0.3 is 5.32 Å². The minimum Gasteiger partial charge on any atom is -0.313 e. The lowest BCUT2D eigenvalue weighted by atomic mass is 9.89. The van der Waals surface area contributed by atoms with Gasteiger partial charge in [-0.1, -0.05) is 12.2 Å². The molecule has 1 saturated carbocycles. The Hall–Kier alpha value is -0.0100. The van der Waals surface area contributed by atoms with Crippen molar-refractivity contribution >= 4 is 11.6 Å². The number of hydrogen-bond donors (Lipinski definition) is 1. The molecule has 0 heterocycles. The van der Waals surface area contributed by atoms with E-state index in [1.54, 1.807) is 0 Å². The molecular weight excluding hydrogens is 182 g/mol. The predicted octanol–water partition coefficient (Wildman–Crippen LogP) is 2.95. The van der Waals surface area contributed by atoms with Gasteiger partial charge in [-0.2, -0.15) is 0 Å². The third-order valence-electron chi connectivity index (χ3n) is 2.71. The van der Waals surface area contributed by atoms with Gasteiger partial charge in [0, 0.05) is 11.9 Å². The minimum absolute atomic E-state index is 0.451. The van der Waals surface area contributed by atoms with E-state index in [1.165, 1.54) is 25.7 Å². The summed E-state index contributed by atoms with van der Waals surface area (Å²) in [6.07, 6.45) is 9.26. The van der Waals surface area contributed by atoms with E-state index in [-0.39, 0.29) is 0 Å². The van der Waals surface area contributed by atoms with Crippen LogP contribution in [0.3, 0.4) is 0 Å². The van der Waals surface area contributed by atoms with Crippen LogP contribution < -0.4 is 5.32 Å². The molecule has 1 aliphatic rings. The van der Waals surface area contributed by atoms with E-state index in [2.05, 4.69) is 24.4 Å². The molecule has 0 unspecified atom stereocenters. The smallest absolute Gasteiger partial charge is 0.0336 e. The standard InChI is InChI=1S/C11H20ClN/c1-2-3-8-13-9-10-4-6-11(12)7-5-10/h2-3,10-11,13H,4-9H2,1H3/b3-2+. The molecule has 0 saturated heterocycles. The van der Waals surface area contributed by atoms with Gasteiger partial charge in [0.15, 0.2) is 0 Å². The van der Waals surface area contributed by atoms with Gasteiger partial charge in [-0.25, -0.2) is 0 Å². The Balaban J connectivity index is 2.02. The summed E-state index contributed by atoms with van der Waals surface area (Å²) in [6, 6.07) is 0. The zero-order valence-corrected chi connectivity index (χ0v) is 9.19. The average molecular weight is 202 g/mol. The molecule has 0 radical (unpaired) electrons. The van der Waals surface area contributed by atoms with Crippen LogP contribution in [0, 0.1) is 5.92 Å². The van der Waals surface area contributed by atoms with Crippen LogP contribution in [0.2, 0.25) is 0 Å². The molecule has 1 fully saturated rings. The number of rotatable bonds is 4. The van der Waals surface area contributed by atoms with Gasteiger partial charge >= 0.3 is 0 Å².